The Morgan fingerprint density at radius 2 is 2.14 bits per heavy atom. The van der Waals surface area contributed by atoms with E-state index in [1.807, 2.05) is 25.5 Å². The SMILES string of the molecule is CCn1ccnc(NCc2nc3cc(C)ccc3n2C)c1=O. The van der Waals surface area contributed by atoms with Crippen LogP contribution in [0.4, 0.5) is 5.82 Å². The molecule has 0 aliphatic heterocycles. The van der Waals surface area contributed by atoms with Crippen LogP contribution in [-0.2, 0) is 20.1 Å². The molecule has 2 heterocycles. The van der Waals surface area contributed by atoms with Crippen LogP contribution in [0, 0.1) is 6.92 Å². The number of benzene rings is 1. The summed E-state index contributed by atoms with van der Waals surface area (Å²) >= 11 is 0. The standard InChI is InChI=1S/C16H19N5O/c1-4-21-8-7-17-15(16(21)22)18-10-14-19-12-9-11(2)5-6-13(12)20(14)3/h5-9H,4,10H2,1-3H3,(H,17,18). The Balaban J connectivity index is 1.88. The Morgan fingerprint density at radius 1 is 1.32 bits per heavy atom. The molecule has 0 atom stereocenters. The van der Waals surface area contributed by atoms with Gasteiger partial charge in [0.15, 0.2) is 5.82 Å². The lowest BCUT2D eigenvalue weighted by atomic mass is 10.2. The fourth-order valence-electron chi connectivity index (χ4n) is 2.50. The van der Waals surface area contributed by atoms with Crippen LogP contribution >= 0.6 is 0 Å². The number of aromatic nitrogens is 4. The zero-order chi connectivity index (χ0) is 15.7. The highest BCUT2D eigenvalue weighted by Gasteiger charge is 2.09. The Bertz CT molecular complexity index is 878. The number of aryl methyl sites for hydroxylation is 3. The average molecular weight is 297 g/mol. The van der Waals surface area contributed by atoms with Crippen LogP contribution < -0.4 is 10.9 Å². The van der Waals surface area contributed by atoms with E-state index in [-0.39, 0.29) is 5.56 Å². The van der Waals surface area contributed by atoms with Crippen molar-refractivity contribution in [1.82, 2.24) is 19.1 Å². The quantitative estimate of drug-likeness (QED) is 0.800. The van der Waals surface area contributed by atoms with Crippen molar-refractivity contribution in [3.8, 4) is 0 Å². The molecule has 0 unspecified atom stereocenters. The minimum atomic E-state index is -0.111. The van der Waals surface area contributed by atoms with Crippen molar-refractivity contribution in [3.05, 3.63) is 52.3 Å². The first kappa shape index (κ1) is 14.3. The van der Waals surface area contributed by atoms with Crippen molar-refractivity contribution in [2.24, 2.45) is 7.05 Å². The molecule has 0 amide bonds. The molecule has 0 aliphatic carbocycles. The van der Waals surface area contributed by atoms with Gasteiger partial charge in [0.2, 0.25) is 0 Å². The second-order valence-corrected chi connectivity index (χ2v) is 5.30. The maximum absolute atomic E-state index is 12.1. The fraction of sp³-hybridized carbons (Fsp3) is 0.312. The van der Waals surface area contributed by atoms with Crippen LogP contribution in [0.15, 0.2) is 35.4 Å². The van der Waals surface area contributed by atoms with E-state index in [1.54, 1.807) is 17.0 Å². The molecule has 6 nitrogen and oxygen atoms in total. The predicted octanol–water partition coefficient (Wildman–Crippen LogP) is 2.07. The molecule has 1 N–H and O–H groups in total. The third-order valence-electron chi connectivity index (χ3n) is 3.80. The molecule has 1 aromatic carbocycles. The van der Waals surface area contributed by atoms with Crippen molar-refractivity contribution < 1.29 is 0 Å². The topological polar surface area (TPSA) is 64.7 Å². The zero-order valence-electron chi connectivity index (χ0n) is 13.0. The molecule has 0 spiro atoms. The van der Waals surface area contributed by atoms with Gasteiger partial charge >= 0.3 is 0 Å². The number of fused-ring (bicyclic) bond motifs is 1. The zero-order valence-corrected chi connectivity index (χ0v) is 13.0. The Hall–Kier alpha value is -2.63. The highest BCUT2D eigenvalue weighted by molar-refractivity contribution is 5.76. The van der Waals surface area contributed by atoms with Gasteiger partial charge in [-0.05, 0) is 31.5 Å². The maximum atomic E-state index is 12.1. The Labute approximate surface area is 128 Å². The minimum Gasteiger partial charge on any atom is -0.358 e. The molecule has 0 saturated carbocycles. The van der Waals surface area contributed by atoms with Crippen LogP contribution in [0.3, 0.4) is 0 Å². The monoisotopic (exact) mass is 297 g/mol. The fourth-order valence-corrected chi connectivity index (χ4v) is 2.50. The molecular weight excluding hydrogens is 278 g/mol. The van der Waals surface area contributed by atoms with Crippen molar-refractivity contribution >= 4 is 16.9 Å². The second-order valence-electron chi connectivity index (χ2n) is 5.30. The van der Waals surface area contributed by atoms with Gasteiger partial charge in [0.1, 0.15) is 5.82 Å². The van der Waals surface area contributed by atoms with Crippen LogP contribution in [0.1, 0.15) is 18.3 Å². The van der Waals surface area contributed by atoms with E-state index in [9.17, 15) is 4.79 Å². The second kappa shape index (κ2) is 5.63. The molecule has 22 heavy (non-hydrogen) atoms. The van der Waals surface area contributed by atoms with E-state index in [4.69, 9.17) is 0 Å². The molecule has 3 rings (SSSR count). The van der Waals surface area contributed by atoms with Crippen LogP contribution in [0.2, 0.25) is 0 Å². The molecule has 0 saturated heterocycles. The predicted molar refractivity (Wildman–Crippen MR) is 86.9 cm³/mol. The molecule has 2 aromatic heterocycles. The Morgan fingerprint density at radius 3 is 2.91 bits per heavy atom. The van der Waals surface area contributed by atoms with Gasteiger partial charge in [-0.2, -0.15) is 0 Å². The van der Waals surface area contributed by atoms with Gasteiger partial charge in [0.05, 0.1) is 17.6 Å². The van der Waals surface area contributed by atoms with Gasteiger partial charge in [0.25, 0.3) is 5.56 Å². The van der Waals surface area contributed by atoms with E-state index in [1.165, 1.54) is 5.56 Å². The molecule has 0 fully saturated rings. The summed E-state index contributed by atoms with van der Waals surface area (Å²) in [6.07, 6.45) is 3.32. The number of anilines is 1. The number of hydrogen-bond acceptors (Lipinski definition) is 4. The summed E-state index contributed by atoms with van der Waals surface area (Å²) in [5.74, 6) is 1.22. The van der Waals surface area contributed by atoms with Gasteiger partial charge in [-0.25, -0.2) is 9.97 Å². The summed E-state index contributed by atoms with van der Waals surface area (Å²) in [4.78, 5) is 20.9. The average Bonchev–Trinajstić information content (AvgIpc) is 2.82. The summed E-state index contributed by atoms with van der Waals surface area (Å²) in [7, 11) is 1.98. The van der Waals surface area contributed by atoms with E-state index >= 15 is 0 Å². The number of nitrogens with zero attached hydrogens (tertiary/aromatic N) is 4. The summed E-state index contributed by atoms with van der Waals surface area (Å²) in [5.41, 5.74) is 3.11. The van der Waals surface area contributed by atoms with Gasteiger partial charge in [-0.1, -0.05) is 6.07 Å². The molecule has 0 bridgehead atoms. The number of imidazole rings is 1. The summed E-state index contributed by atoms with van der Waals surface area (Å²) < 4.78 is 3.65. The molecule has 3 aromatic rings. The van der Waals surface area contributed by atoms with Gasteiger partial charge in [0, 0.05) is 26.0 Å². The Kier molecular flexibility index (Phi) is 3.66. The molecule has 6 heteroatoms. The first-order valence-electron chi connectivity index (χ1n) is 7.31. The van der Waals surface area contributed by atoms with Crippen molar-refractivity contribution in [3.63, 3.8) is 0 Å². The minimum absolute atomic E-state index is 0.111. The normalized spacial score (nSPS) is 11.0. The van der Waals surface area contributed by atoms with E-state index in [0.717, 1.165) is 16.9 Å². The molecule has 114 valence electrons. The molecule has 0 radical (unpaired) electrons. The van der Waals surface area contributed by atoms with Crippen LogP contribution in [0.25, 0.3) is 11.0 Å². The highest BCUT2D eigenvalue weighted by atomic mass is 16.1. The van der Waals surface area contributed by atoms with E-state index < -0.39 is 0 Å². The highest BCUT2D eigenvalue weighted by Crippen LogP contribution is 2.16. The maximum Gasteiger partial charge on any atom is 0.293 e. The third-order valence-corrected chi connectivity index (χ3v) is 3.80. The summed E-state index contributed by atoms with van der Waals surface area (Å²) in [5, 5.41) is 3.09. The summed E-state index contributed by atoms with van der Waals surface area (Å²) in [6.45, 7) is 5.06. The number of rotatable bonds is 4. The smallest absolute Gasteiger partial charge is 0.293 e. The largest absolute Gasteiger partial charge is 0.358 e. The molecular formula is C16H19N5O. The lowest BCUT2D eigenvalue weighted by Gasteiger charge is -2.07. The van der Waals surface area contributed by atoms with E-state index in [0.29, 0.717) is 18.9 Å². The lowest BCUT2D eigenvalue weighted by molar-refractivity contribution is 0.717. The van der Waals surface area contributed by atoms with E-state index in [2.05, 4.69) is 33.5 Å². The van der Waals surface area contributed by atoms with Crippen molar-refractivity contribution in [1.29, 1.82) is 0 Å². The van der Waals surface area contributed by atoms with Crippen LogP contribution in [-0.4, -0.2) is 19.1 Å². The van der Waals surface area contributed by atoms with Crippen molar-refractivity contribution in [2.75, 3.05) is 5.32 Å². The van der Waals surface area contributed by atoms with Gasteiger partial charge < -0.3 is 14.5 Å². The first-order valence-corrected chi connectivity index (χ1v) is 7.31. The van der Waals surface area contributed by atoms with Crippen molar-refractivity contribution in [2.45, 2.75) is 26.9 Å². The lowest BCUT2D eigenvalue weighted by Crippen LogP contribution is -2.24. The first-order chi connectivity index (χ1) is 10.6. The summed E-state index contributed by atoms with van der Waals surface area (Å²) in [6, 6.07) is 6.19. The van der Waals surface area contributed by atoms with Gasteiger partial charge in [-0.15, -0.1) is 0 Å². The number of nitrogens with one attached hydrogen (secondary N) is 1. The third kappa shape index (κ3) is 2.47. The van der Waals surface area contributed by atoms with Crippen LogP contribution in [0.5, 0.6) is 0 Å². The van der Waals surface area contributed by atoms with Gasteiger partial charge in [-0.3, -0.25) is 4.79 Å². The molecule has 0 aliphatic rings. The number of hydrogen-bond donors (Lipinski definition) is 1.